The first-order valence-electron chi connectivity index (χ1n) is 9.43. The van der Waals surface area contributed by atoms with E-state index in [0.29, 0.717) is 58.1 Å². The Morgan fingerprint density at radius 3 is 2.37 bits per heavy atom. The molecule has 0 saturated carbocycles. The van der Waals surface area contributed by atoms with Crippen molar-refractivity contribution in [2.24, 2.45) is 5.92 Å². The van der Waals surface area contributed by atoms with Crippen LogP contribution in [-0.4, -0.2) is 71.9 Å². The highest BCUT2D eigenvalue weighted by Gasteiger charge is 2.16. The van der Waals surface area contributed by atoms with E-state index in [1.54, 1.807) is 10.9 Å². The van der Waals surface area contributed by atoms with Crippen LogP contribution in [-0.2, 0) is 36.9 Å². The maximum absolute atomic E-state index is 12.0. The van der Waals surface area contributed by atoms with Crippen molar-refractivity contribution in [3.63, 3.8) is 0 Å². The van der Waals surface area contributed by atoms with E-state index in [0.717, 1.165) is 17.9 Å². The topological polar surface area (TPSA) is 95.8 Å². The molecule has 27 heavy (non-hydrogen) atoms. The lowest BCUT2D eigenvalue weighted by Gasteiger charge is -2.14. The molecule has 0 radical (unpaired) electrons. The minimum atomic E-state index is -0.210. The summed E-state index contributed by atoms with van der Waals surface area (Å²) in [6, 6.07) is 0. The third-order valence-electron chi connectivity index (χ3n) is 3.51. The first-order chi connectivity index (χ1) is 13.1. The standard InChI is InChI=1S/C18H32N4O5/c1-4-6-25-8-10-27-11-9-26-7-5-22-14-17(19-20-22)13-21(15-23)18(24)12-16(2)3/h14-16H,4-13H2,1-3H3. The molecule has 0 aromatic carbocycles. The average Bonchev–Trinajstić information content (AvgIpc) is 3.08. The van der Waals surface area contributed by atoms with Gasteiger partial charge in [0.2, 0.25) is 12.3 Å². The van der Waals surface area contributed by atoms with Crippen LogP contribution in [0.25, 0.3) is 0 Å². The Morgan fingerprint density at radius 2 is 1.78 bits per heavy atom. The molecular formula is C18H32N4O5. The highest BCUT2D eigenvalue weighted by molar-refractivity contribution is 5.86. The van der Waals surface area contributed by atoms with Gasteiger partial charge in [-0.3, -0.25) is 14.5 Å². The van der Waals surface area contributed by atoms with E-state index in [-0.39, 0.29) is 18.4 Å². The Labute approximate surface area is 160 Å². The van der Waals surface area contributed by atoms with Crippen molar-refractivity contribution in [2.75, 3.05) is 39.6 Å². The predicted molar refractivity (Wildman–Crippen MR) is 98.8 cm³/mol. The molecular weight excluding hydrogens is 352 g/mol. The van der Waals surface area contributed by atoms with Crippen LogP contribution in [0, 0.1) is 5.92 Å². The number of imide groups is 1. The van der Waals surface area contributed by atoms with E-state index in [2.05, 4.69) is 17.2 Å². The summed E-state index contributed by atoms with van der Waals surface area (Å²) in [5, 5.41) is 7.98. The molecule has 1 aromatic heterocycles. The van der Waals surface area contributed by atoms with Crippen molar-refractivity contribution in [1.29, 1.82) is 0 Å². The normalized spacial score (nSPS) is 11.1. The molecule has 0 atom stereocenters. The molecule has 0 bridgehead atoms. The summed E-state index contributed by atoms with van der Waals surface area (Å²) in [5.41, 5.74) is 0.564. The number of ether oxygens (including phenoxy) is 3. The summed E-state index contributed by atoms with van der Waals surface area (Å²) in [4.78, 5) is 24.2. The van der Waals surface area contributed by atoms with Crippen molar-refractivity contribution in [3.8, 4) is 0 Å². The SMILES string of the molecule is CCCOCCOCCOCCn1cc(CN(C=O)C(=O)CC(C)C)nn1. The Morgan fingerprint density at radius 1 is 1.15 bits per heavy atom. The van der Waals surface area contributed by atoms with Gasteiger partial charge in [-0.25, -0.2) is 4.68 Å². The van der Waals surface area contributed by atoms with Gasteiger partial charge >= 0.3 is 0 Å². The van der Waals surface area contributed by atoms with Crippen molar-refractivity contribution in [1.82, 2.24) is 19.9 Å². The fourth-order valence-corrected chi connectivity index (χ4v) is 2.19. The molecule has 0 unspecified atom stereocenters. The smallest absolute Gasteiger partial charge is 0.229 e. The summed E-state index contributed by atoms with van der Waals surface area (Å²) in [7, 11) is 0. The molecule has 154 valence electrons. The van der Waals surface area contributed by atoms with E-state index < -0.39 is 0 Å². The van der Waals surface area contributed by atoms with Crippen molar-refractivity contribution >= 4 is 12.3 Å². The van der Waals surface area contributed by atoms with Crippen LogP contribution in [0.15, 0.2) is 6.20 Å². The monoisotopic (exact) mass is 384 g/mol. The van der Waals surface area contributed by atoms with Crippen LogP contribution in [0.3, 0.4) is 0 Å². The lowest BCUT2D eigenvalue weighted by molar-refractivity contribution is -0.139. The molecule has 9 nitrogen and oxygen atoms in total. The Kier molecular flexibility index (Phi) is 12.2. The fraction of sp³-hybridized carbons (Fsp3) is 0.778. The van der Waals surface area contributed by atoms with Gasteiger partial charge in [-0.05, 0) is 12.3 Å². The number of hydrogen-bond donors (Lipinski definition) is 0. The van der Waals surface area contributed by atoms with E-state index in [4.69, 9.17) is 14.2 Å². The number of rotatable bonds is 16. The molecule has 0 N–H and O–H groups in total. The Balaban J connectivity index is 2.17. The summed E-state index contributed by atoms with van der Waals surface area (Å²) >= 11 is 0. The van der Waals surface area contributed by atoms with E-state index in [1.807, 2.05) is 13.8 Å². The summed E-state index contributed by atoms with van der Waals surface area (Å²) < 4.78 is 17.8. The number of carbonyl (C=O) groups is 2. The number of hydrogen-bond acceptors (Lipinski definition) is 7. The first kappa shape index (κ1) is 23.2. The largest absolute Gasteiger partial charge is 0.379 e. The van der Waals surface area contributed by atoms with Crippen LogP contribution in [0.2, 0.25) is 0 Å². The van der Waals surface area contributed by atoms with Crippen LogP contribution in [0.5, 0.6) is 0 Å². The van der Waals surface area contributed by atoms with Gasteiger partial charge in [-0.2, -0.15) is 0 Å². The second-order valence-electron chi connectivity index (χ2n) is 6.54. The fourth-order valence-electron chi connectivity index (χ4n) is 2.19. The third-order valence-corrected chi connectivity index (χ3v) is 3.51. The second-order valence-corrected chi connectivity index (χ2v) is 6.54. The predicted octanol–water partition coefficient (Wildman–Crippen LogP) is 1.27. The average molecular weight is 384 g/mol. The van der Waals surface area contributed by atoms with Crippen molar-refractivity contribution in [2.45, 2.75) is 46.7 Å². The van der Waals surface area contributed by atoms with Gasteiger partial charge in [-0.15, -0.1) is 5.10 Å². The van der Waals surface area contributed by atoms with Crippen LogP contribution in [0.4, 0.5) is 0 Å². The van der Waals surface area contributed by atoms with Gasteiger partial charge in [0.1, 0.15) is 5.69 Å². The van der Waals surface area contributed by atoms with Gasteiger partial charge in [0.15, 0.2) is 0 Å². The number of nitrogens with zero attached hydrogens (tertiary/aromatic N) is 4. The van der Waals surface area contributed by atoms with E-state index in [9.17, 15) is 9.59 Å². The van der Waals surface area contributed by atoms with Crippen LogP contribution >= 0.6 is 0 Å². The third kappa shape index (κ3) is 10.8. The van der Waals surface area contributed by atoms with Crippen LogP contribution < -0.4 is 0 Å². The minimum Gasteiger partial charge on any atom is -0.379 e. The van der Waals surface area contributed by atoms with Gasteiger partial charge in [0, 0.05) is 13.0 Å². The zero-order valence-electron chi connectivity index (χ0n) is 16.6. The Bertz CT molecular complexity index is 536. The van der Waals surface area contributed by atoms with Gasteiger partial charge in [0.05, 0.1) is 52.3 Å². The molecule has 0 aliphatic heterocycles. The quantitative estimate of drug-likeness (QED) is 0.313. The van der Waals surface area contributed by atoms with Gasteiger partial charge in [0.25, 0.3) is 0 Å². The van der Waals surface area contributed by atoms with Gasteiger partial charge < -0.3 is 14.2 Å². The molecule has 0 saturated heterocycles. The molecule has 1 heterocycles. The maximum atomic E-state index is 12.0. The zero-order valence-corrected chi connectivity index (χ0v) is 16.6. The molecule has 9 heteroatoms. The number of amides is 2. The number of aromatic nitrogens is 3. The van der Waals surface area contributed by atoms with Crippen molar-refractivity contribution < 1.29 is 23.8 Å². The Hall–Kier alpha value is -1.84. The molecule has 0 fully saturated rings. The highest BCUT2D eigenvalue weighted by atomic mass is 16.5. The first-order valence-corrected chi connectivity index (χ1v) is 9.43. The summed E-state index contributed by atoms with van der Waals surface area (Å²) in [5.74, 6) is -0.0152. The van der Waals surface area contributed by atoms with Crippen LogP contribution in [0.1, 0.15) is 39.3 Å². The van der Waals surface area contributed by atoms with Gasteiger partial charge in [-0.1, -0.05) is 26.0 Å². The highest BCUT2D eigenvalue weighted by Crippen LogP contribution is 2.06. The molecule has 0 aliphatic carbocycles. The summed E-state index contributed by atoms with van der Waals surface area (Å²) in [6.45, 7) is 10.0. The zero-order chi connectivity index (χ0) is 19.9. The van der Waals surface area contributed by atoms with E-state index in [1.165, 1.54) is 0 Å². The lowest BCUT2D eigenvalue weighted by atomic mass is 10.1. The second kappa shape index (κ2) is 14.2. The molecule has 2 amide bonds. The molecule has 0 spiro atoms. The summed E-state index contributed by atoms with van der Waals surface area (Å²) in [6.07, 6.45) is 3.59. The van der Waals surface area contributed by atoms with E-state index >= 15 is 0 Å². The molecule has 1 rings (SSSR count). The minimum absolute atomic E-state index is 0.129. The number of carbonyl (C=O) groups excluding carboxylic acids is 2. The maximum Gasteiger partial charge on any atom is 0.229 e. The molecule has 0 aliphatic rings. The molecule has 1 aromatic rings. The van der Waals surface area contributed by atoms with Crippen molar-refractivity contribution in [3.05, 3.63) is 11.9 Å². The lowest BCUT2D eigenvalue weighted by Crippen LogP contribution is -2.30.